The number of halogens is 1. The van der Waals surface area contributed by atoms with Gasteiger partial charge in [-0.2, -0.15) is 0 Å². The number of aromatic amines is 1. The lowest BCUT2D eigenvalue weighted by Crippen LogP contribution is -2.24. The van der Waals surface area contributed by atoms with Crippen LogP contribution in [-0.4, -0.2) is 16.7 Å². The molecule has 1 saturated carbocycles. The monoisotopic (exact) mass is 299 g/mol. The molecule has 0 saturated heterocycles. The zero-order valence-electron chi connectivity index (χ0n) is 12.2. The second-order valence-electron chi connectivity index (χ2n) is 5.58. The summed E-state index contributed by atoms with van der Waals surface area (Å²) in [7, 11) is 0. The van der Waals surface area contributed by atoms with Crippen LogP contribution >= 0.6 is 0 Å². The molecule has 1 heterocycles. The molecule has 1 aromatic carbocycles. The first-order valence-electron chi connectivity index (χ1n) is 7.49. The van der Waals surface area contributed by atoms with Gasteiger partial charge in [0.25, 0.3) is 5.56 Å². The minimum absolute atomic E-state index is 0.0968. The summed E-state index contributed by atoms with van der Waals surface area (Å²) in [5.74, 6) is -0.498. The van der Waals surface area contributed by atoms with Crippen LogP contribution < -0.4 is 10.9 Å². The topological polar surface area (TPSA) is 68.7 Å². The number of benzene rings is 1. The first-order valence-corrected chi connectivity index (χ1v) is 7.49. The highest BCUT2D eigenvalue weighted by Gasteiger charge is 2.20. The molecule has 0 aliphatic heterocycles. The Morgan fingerprint density at radius 2 is 1.95 bits per heavy atom. The van der Waals surface area contributed by atoms with Gasteiger partial charge in [-0.05, 0) is 31.0 Å². The maximum absolute atomic E-state index is 13.9. The molecular weight excluding hydrogens is 281 g/mol. The normalized spacial score (nSPS) is 15.0. The molecule has 114 valence electrons. The van der Waals surface area contributed by atoms with Gasteiger partial charge in [-0.3, -0.25) is 10.2 Å². The van der Waals surface area contributed by atoms with Crippen molar-refractivity contribution in [3.8, 4) is 0 Å². The third kappa shape index (κ3) is 2.79. The molecule has 0 radical (unpaired) electrons. The van der Waals surface area contributed by atoms with Crippen LogP contribution in [0, 0.1) is 11.2 Å². The predicted octanol–water partition coefficient (Wildman–Crippen LogP) is 3.28. The highest BCUT2D eigenvalue weighted by molar-refractivity contribution is 6.13. The van der Waals surface area contributed by atoms with Crippen LogP contribution in [0.15, 0.2) is 41.3 Å². The number of rotatable bonds is 4. The van der Waals surface area contributed by atoms with E-state index in [1.807, 2.05) is 0 Å². The second kappa shape index (κ2) is 6.13. The lowest BCUT2D eigenvalue weighted by molar-refractivity contribution is 0.625. The molecule has 1 aliphatic carbocycles. The van der Waals surface area contributed by atoms with Crippen LogP contribution in [0.5, 0.6) is 0 Å². The highest BCUT2D eigenvalue weighted by atomic mass is 19.1. The largest absolute Gasteiger partial charge is 0.382 e. The summed E-state index contributed by atoms with van der Waals surface area (Å²) in [4.78, 5) is 14.8. The SMILES string of the molecule is N=C(c1ccccc1F)c1c(NC2CCCC2)cc[nH]c1=O. The first kappa shape index (κ1) is 14.5. The van der Waals surface area contributed by atoms with Crippen molar-refractivity contribution in [1.29, 1.82) is 5.41 Å². The van der Waals surface area contributed by atoms with Crippen molar-refractivity contribution in [2.24, 2.45) is 0 Å². The van der Waals surface area contributed by atoms with Gasteiger partial charge >= 0.3 is 0 Å². The molecule has 3 N–H and O–H groups in total. The molecule has 22 heavy (non-hydrogen) atoms. The summed E-state index contributed by atoms with van der Waals surface area (Å²) < 4.78 is 13.9. The number of H-pyrrole nitrogens is 1. The average molecular weight is 299 g/mol. The molecule has 0 bridgehead atoms. The van der Waals surface area contributed by atoms with E-state index in [-0.39, 0.29) is 22.4 Å². The summed E-state index contributed by atoms with van der Waals surface area (Å²) in [6.45, 7) is 0. The van der Waals surface area contributed by atoms with E-state index in [2.05, 4.69) is 10.3 Å². The highest BCUT2D eigenvalue weighted by Crippen LogP contribution is 2.24. The van der Waals surface area contributed by atoms with Crippen LogP contribution in [0.3, 0.4) is 0 Å². The molecular formula is C17H18FN3O. The lowest BCUT2D eigenvalue weighted by atomic mass is 10.0. The molecule has 2 aromatic rings. The Hall–Kier alpha value is -2.43. The van der Waals surface area contributed by atoms with Crippen LogP contribution in [0.25, 0.3) is 0 Å². The van der Waals surface area contributed by atoms with Crippen molar-refractivity contribution in [1.82, 2.24) is 4.98 Å². The molecule has 5 heteroatoms. The molecule has 0 spiro atoms. The summed E-state index contributed by atoms with van der Waals surface area (Å²) >= 11 is 0. The van der Waals surface area contributed by atoms with Gasteiger partial charge in [0.1, 0.15) is 5.82 Å². The third-order valence-corrected chi connectivity index (χ3v) is 4.07. The Kier molecular flexibility index (Phi) is 4.04. The summed E-state index contributed by atoms with van der Waals surface area (Å²) in [5.41, 5.74) is 0.453. The van der Waals surface area contributed by atoms with E-state index < -0.39 is 5.82 Å². The molecule has 0 atom stereocenters. The molecule has 1 aliphatic rings. The van der Waals surface area contributed by atoms with Gasteiger partial charge in [-0.15, -0.1) is 0 Å². The summed E-state index contributed by atoms with van der Waals surface area (Å²) in [6, 6.07) is 8.10. The fourth-order valence-electron chi connectivity index (χ4n) is 2.94. The van der Waals surface area contributed by atoms with Gasteiger partial charge in [0, 0.05) is 17.8 Å². The van der Waals surface area contributed by atoms with Crippen LogP contribution in [0.1, 0.15) is 36.8 Å². The Labute approximate surface area is 127 Å². The van der Waals surface area contributed by atoms with E-state index in [4.69, 9.17) is 5.41 Å². The smallest absolute Gasteiger partial charge is 0.259 e. The number of hydrogen-bond acceptors (Lipinski definition) is 3. The van der Waals surface area contributed by atoms with Crippen LogP contribution in [-0.2, 0) is 0 Å². The number of nitrogens with one attached hydrogen (secondary N) is 3. The Bertz CT molecular complexity index is 748. The zero-order chi connectivity index (χ0) is 15.5. The van der Waals surface area contributed by atoms with Crippen molar-refractivity contribution >= 4 is 11.4 Å². The molecule has 0 amide bonds. The van der Waals surface area contributed by atoms with E-state index in [1.54, 1.807) is 24.4 Å². The van der Waals surface area contributed by atoms with Gasteiger partial charge in [-0.25, -0.2) is 4.39 Å². The van der Waals surface area contributed by atoms with E-state index in [1.165, 1.54) is 25.0 Å². The van der Waals surface area contributed by atoms with Crippen LogP contribution in [0.2, 0.25) is 0 Å². The molecule has 1 fully saturated rings. The molecule has 4 nitrogen and oxygen atoms in total. The van der Waals surface area contributed by atoms with Gasteiger partial charge < -0.3 is 10.3 Å². The summed E-state index contributed by atoms with van der Waals surface area (Å²) in [6.07, 6.45) is 6.00. The number of aromatic nitrogens is 1. The minimum Gasteiger partial charge on any atom is -0.382 e. The first-order chi connectivity index (χ1) is 10.7. The zero-order valence-corrected chi connectivity index (χ0v) is 12.2. The Balaban J connectivity index is 2.00. The third-order valence-electron chi connectivity index (χ3n) is 4.07. The lowest BCUT2D eigenvalue weighted by Gasteiger charge is -2.17. The van der Waals surface area contributed by atoms with Gasteiger partial charge in [0.15, 0.2) is 0 Å². The standard InChI is InChI=1S/C17H18FN3O/c18-13-8-4-3-7-12(13)16(19)15-14(9-10-20-17(15)22)21-11-5-1-2-6-11/h3-4,7-11,19H,1-2,5-6H2,(H2,20,21,22). The van der Waals surface area contributed by atoms with Gasteiger partial charge in [0.2, 0.25) is 0 Å². The maximum Gasteiger partial charge on any atom is 0.259 e. The van der Waals surface area contributed by atoms with Crippen LogP contribution in [0.4, 0.5) is 10.1 Å². The van der Waals surface area contributed by atoms with Crippen molar-refractivity contribution in [2.75, 3.05) is 5.32 Å². The number of pyridine rings is 1. The van der Waals surface area contributed by atoms with Crippen molar-refractivity contribution in [3.63, 3.8) is 0 Å². The quantitative estimate of drug-likeness (QED) is 0.758. The van der Waals surface area contributed by atoms with E-state index in [9.17, 15) is 9.18 Å². The Morgan fingerprint density at radius 3 is 2.68 bits per heavy atom. The van der Waals surface area contributed by atoms with Gasteiger partial charge in [0.05, 0.1) is 17.0 Å². The summed E-state index contributed by atoms with van der Waals surface area (Å²) in [5, 5.41) is 11.6. The minimum atomic E-state index is -0.498. The van der Waals surface area contributed by atoms with Crippen molar-refractivity contribution < 1.29 is 4.39 Å². The average Bonchev–Trinajstić information content (AvgIpc) is 3.00. The van der Waals surface area contributed by atoms with Crippen molar-refractivity contribution in [2.45, 2.75) is 31.7 Å². The van der Waals surface area contributed by atoms with E-state index in [0.717, 1.165) is 12.8 Å². The molecule has 3 rings (SSSR count). The number of anilines is 1. The van der Waals surface area contributed by atoms with Gasteiger partial charge in [-0.1, -0.05) is 25.0 Å². The Morgan fingerprint density at radius 1 is 1.23 bits per heavy atom. The fraction of sp³-hybridized carbons (Fsp3) is 0.294. The second-order valence-corrected chi connectivity index (χ2v) is 5.58. The molecule has 0 unspecified atom stereocenters. The van der Waals surface area contributed by atoms with E-state index in [0.29, 0.717) is 11.7 Å². The van der Waals surface area contributed by atoms with Crippen molar-refractivity contribution in [3.05, 3.63) is 63.8 Å². The maximum atomic E-state index is 13.9. The fourth-order valence-corrected chi connectivity index (χ4v) is 2.94. The molecule has 1 aromatic heterocycles. The predicted molar refractivity (Wildman–Crippen MR) is 85.3 cm³/mol. The van der Waals surface area contributed by atoms with E-state index >= 15 is 0 Å². The number of hydrogen-bond donors (Lipinski definition) is 3.